The minimum absolute atomic E-state index is 0.533. The maximum absolute atomic E-state index is 2.40. The molecule has 0 bridgehead atoms. The molecule has 0 aliphatic heterocycles. The molecule has 1 aliphatic rings. The van der Waals surface area contributed by atoms with E-state index in [-0.39, 0.29) is 0 Å². The first-order valence-electron chi connectivity index (χ1n) is 6.17. The lowest BCUT2D eigenvalue weighted by atomic mass is 9.87. The van der Waals surface area contributed by atoms with Crippen molar-refractivity contribution < 1.29 is 0 Å². The maximum atomic E-state index is 2.40. The van der Waals surface area contributed by atoms with Crippen molar-refractivity contribution in [1.29, 1.82) is 0 Å². The van der Waals surface area contributed by atoms with E-state index in [1.807, 2.05) is 0 Å². The predicted octanol–water partition coefficient (Wildman–Crippen LogP) is 4.38. The molecule has 2 atom stereocenters. The molecule has 1 aromatic rings. The Morgan fingerprint density at radius 3 is 2.13 bits per heavy atom. The molecule has 1 aliphatic carbocycles. The summed E-state index contributed by atoms with van der Waals surface area (Å²) in [4.78, 5) is 0. The standard InChI is InChI=1S/C15H22/c1-5-6-15(10-13(15)4)14-8-11(2)7-12(3)9-14/h7-9,13H,5-6,10H2,1-4H3. The van der Waals surface area contributed by atoms with Crippen LogP contribution in [0.4, 0.5) is 0 Å². The summed E-state index contributed by atoms with van der Waals surface area (Å²) < 4.78 is 0. The lowest BCUT2D eigenvalue weighted by molar-refractivity contribution is 0.562. The van der Waals surface area contributed by atoms with Crippen LogP contribution in [0.5, 0.6) is 0 Å². The van der Waals surface area contributed by atoms with E-state index < -0.39 is 0 Å². The van der Waals surface area contributed by atoms with E-state index in [4.69, 9.17) is 0 Å². The zero-order chi connectivity index (χ0) is 11.1. The fraction of sp³-hybridized carbons (Fsp3) is 0.600. The highest BCUT2D eigenvalue weighted by Gasteiger charge is 2.51. The van der Waals surface area contributed by atoms with Gasteiger partial charge in [-0.25, -0.2) is 0 Å². The fourth-order valence-electron chi connectivity index (χ4n) is 3.09. The molecule has 2 rings (SSSR count). The Balaban J connectivity index is 2.36. The Labute approximate surface area is 93.7 Å². The second kappa shape index (κ2) is 3.66. The molecule has 0 saturated heterocycles. The molecule has 0 amide bonds. The van der Waals surface area contributed by atoms with E-state index in [1.165, 1.54) is 30.4 Å². The Hall–Kier alpha value is -0.780. The van der Waals surface area contributed by atoms with Gasteiger partial charge < -0.3 is 0 Å². The summed E-state index contributed by atoms with van der Waals surface area (Å²) in [6.07, 6.45) is 4.05. The van der Waals surface area contributed by atoms with Gasteiger partial charge in [-0.15, -0.1) is 0 Å². The average Bonchev–Trinajstić information content (AvgIpc) is 2.77. The number of benzene rings is 1. The third-order valence-electron chi connectivity index (χ3n) is 3.95. The highest BCUT2D eigenvalue weighted by Crippen LogP contribution is 2.57. The minimum Gasteiger partial charge on any atom is -0.0654 e. The Morgan fingerprint density at radius 1 is 1.20 bits per heavy atom. The Bertz CT molecular complexity index is 344. The maximum Gasteiger partial charge on any atom is -0.00181 e. The molecule has 82 valence electrons. The highest BCUT2D eigenvalue weighted by atomic mass is 14.5. The van der Waals surface area contributed by atoms with Crippen LogP contribution in [-0.2, 0) is 5.41 Å². The van der Waals surface area contributed by atoms with E-state index in [9.17, 15) is 0 Å². The van der Waals surface area contributed by atoms with Crippen LogP contribution >= 0.6 is 0 Å². The van der Waals surface area contributed by atoms with Crippen LogP contribution in [0.1, 0.15) is 49.8 Å². The van der Waals surface area contributed by atoms with Crippen LogP contribution in [-0.4, -0.2) is 0 Å². The van der Waals surface area contributed by atoms with Crippen molar-refractivity contribution in [3.63, 3.8) is 0 Å². The molecule has 0 aromatic heterocycles. The highest BCUT2D eigenvalue weighted by molar-refractivity contribution is 5.38. The summed E-state index contributed by atoms with van der Waals surface area (Å²) in [6.45, 7) is 9.12. The van der Waals surface area contributed by atoms with Gasteiger partial charge in [-0.3, -0.25) is 0 Å². The van der Waals surface area contributed by atoms with Gasteiger partial charge in [-0.1, -0.05) is 49.6 Å². The van der Waals surface area contributed by atoms with Crippen LogP contribution in [0.15, 0.2) is 18.2 Å². The first kappa shape index (κ1) is 10.7. The van der Waals surface area contributed by atoms with E-state index in [0.717, 1.165) is 5.92 Å². The largest absolute Gasteiger partial charge is 0.0654 e. The molecule has 0 heterocycles. The van der Waals surface area contributed by atoms with Gasteiger partial charge in [-0.05, 0) is 43.6 Å². The molecule has 1 aromatic carbocycles. The molecule has 0 spiro atoms. The first-order chi connectivity index (χ1) is 7.08. The summed E-state index contributed by atoms with van der Waals surface area (Å²) in [6, 6.07) is 7.06. The smallest absolute Gasteiger partial charge is 0.00181 e. The number of hydrogen-bond donors (Lipinski definition) is 0. The molecule has 1 fully saturated rings. The zero-order valence-corrected chi connectivity index (χ0v) is 10.4. The molecule has 2 unspecified atom stereocenters. The van der Waals surface area contributed by atoms with Crippen molar-refractivity contribution in [1.82, 2.24) is 0 Å². The Morgan fingerprint density at radius 2 is 1.73 bits per heavy atom. The van der Waals surface area contributed by atoms with Crippen molar-refractivity contribution in [2.24, 2.45) is 5.92 Å². The lowest BCUT2D eigenvalue weighted by Crippen LogP contribution is -2.09. The first-order valence-corrected chi connectivity index (χ1v) is 6.17. The lowest BCUT2D eigenvalue weighted by Gasteiger charge is -2.17. The summed E-state index contributed by atoms with van der Waals surface area (Å²) in [7, 11) is 0. The molecular formula is C15H22. The molecule has 0 nitrogen and oxygen atoms in total. The second-order valence-electron chi connectivity index (χ2n) is 5.39. The molecule has 0 radical (unpaired) electrons. The van der Waals surface area contributed by atoms with Crippen molar-refractivity contribution in [3.8, 4) is 0 Å². The second-order valence-corrected chi connectivity index (χ2v) is 5.39. The van der Waals surface area contributed by atoms with Crippen molar-refractivity contribution in [3.05, 3.63) is 34.9 Å². The zero-order valence-electron chi connectivity index (χ0n) is 10.4. The summed E-state index contributed by atoms with van der Waals surface area (Å²) in [5.41, 5.74) is 4.96. The number of hydrogen-bond acceptors (Lipinski definition) is 0. The van der Waals surface area contributed by atoms with Gasteiger partial charge in [0.15, 0.2) is 0 Å². The van der Waals surface area contributed by atoms with Crippen LogP contribution in [0, 0.1) is 19.8 Å². The van der Waals surface area contributed by atoms with E-state index in [0.29, 0.717) is 5.41 Å². The van der Waals surface area contributed by atoms with Gasteiger partial charge in [0.05, 0.1) is 0 Å². The third-order valence-corrected chi connectivity index (χ3v) is 3.95. The van der Waals surface area contributed by atoms with Gasteiger partial charge in [0.2, 0.25) is 0 Å². The average molecular weight is 202 g/mol. The summed E-state index contributed by atoms with van der Waals surface area (Å²) in [5.74, 6) is 0.888. The molecule has 0 N–H and O–H groups in total. The minimum atomic E-state index is 0.533. The van der Waals surface area contributed by atoms with Gasteiger partial charge in [0, 0.05) is 0 Å². The monoisotopic (exact) mass is 202 g/mol. The quantitative estimate of drug-likeness (QED) is 0.682. The van der Waals surface area contributed by atoms with Gasteiger partial charge in [0.25, 0.3) is 0 Å². The topological polar surface area (TPSA) is 0 Å². The van der Waals surface area contributed by atoms with E-state index in [2.05, 4.69) is 45.9 Å². The summed E-state index contributed by atoms with van der Waals surface area (Å²) in [5, 5.41) is 0. The van der Waals surface area contributed by atoms with E-state index >= 15 is 0 Å². The van der Waals surface area contributed by atoms with Crippen LogP contribution in [0.2, 0.25) is 0 Å². The normalized spacial score (nSPS) is 29.2. The van der Waals surface area contributed by atoms with Crippen LogP contribution < -0.4 is 0 Å². The van der Waals surface area contributed by atoms with Crippen LogP contribution in [0.3, 0.4) is 0 Å². The third kappa shape index (κ3) is 1.82. The van der Waals surface area contributed by atoms with Crippen molar-refractivity contribution in [2.75, 3.05) is 0 Å². The molecule has 1 saturated carbocycles. The molecular weight excluding hydrogens is 180 g/mol. The number of aryl methyl sites for hydroxylation is 2. The van der Waals surface area contributed by atoms with Gasteiger partial charge >= 0.3 is 0 Å². The van der Waals surface area contributed by atoms with Gasteiger partial charge in [0.1, 0.15) is 0 Å². The van der Waals surface area contributed by atoms with Crippen molar-refractivity contribution in [2.45, 2.75) is 52.4 Å². The summed E-state index contributed by atoms with van der Waals surface area (Å²) >= 11 is 0. The van der Waals surface area contributed by atoms with Crippen LogP contribution in [0.25, 0.3) is 0 Å². The molecule has 0 heteroatoms. The van der Waals surface area contributed by atoms with Gasteiger partial charge in [-0.2, -0.15) is 0 Å². The van der Waals surface area contributed by atoms with Crippen molar-refractivity contribution >= 4 is 0 Å². The van der Waals surface area contributed by atoms with E-state index in [1.54, 1.807) is 5.56 Å². The molecule has 15 heavy (non-hydrogen) atoms. The fourth-order valence-corrected chi connectivity index (χ4v) is 3.09. The predicted molar refractivity (Wildman–Crippen MR) is 66.3 cm³/mol. The SMILES string of the molecule is CCCC1(c2cc(C)cc(C)c2)CC1C. The number of rotatable bonds is 3. The Kier molecular flexibility index (Phi) is 2.62.